The van der Waals surface area contributed by atoms with Gasteiger partial charge in [-0.3, -0.25) is 9.69 Å². The summed E-state index contributed by atoms with van der Waals surface area (Å²) in [5, 5.41) is 3.01. The largest absolute Gasteiger partial charge is 0.489 e. The highest BCUT2D eigenvalue weighted by molar-refractivity contribution is 5.81. The normalized spacial score (nSPS) is 12.6. The summed E-state index contributed by atoms with van der Waals surface area (Å²) in [4.78, 5) is 14.8. The van der Waals surface area contributed by atoms with Crippen molar-refractivity contribution < 1.29 is 22.7 Å². The third-order valence-corrected chi connectivity index (χ3v) is 5.19. The smallest absolute Gasteiger partial charge is 0.416 e. The minimum absolute atomic E-state index is 0.0354. The van der Waals surface area contributed by atoms with E-state index in [1.807, 2.05) is 12.1 Å². The Hall–Kier alpha value is -2.54. The molecule has 2 rings (SSSR count). The quantitative estimate of drug-likeness (QED) is 0.512. The summed E-state index contributed by atoms with van der Waals surface area (Å²) in [5.74, 6) is 0.648. The summed E-state index contributed by atoms with van der Waals surface area (Å²) < 4.78 is 43.5. The second-order valence-electron chi connectivity index (χ2n) is 7.37. The molecule has 0 saturated carbocycles. The lowest BCUT2D eigenvalue weighted by atomic mass is 10.1. The minimum Gasteiger partial charge on any atom is -0.489 e. The topological polar surface area (TPSA) is 41.6 Å². The summed E-state index contributed by atoms with van der Waals surface area (Å²) in [6, 6.07) is 12.1. The molecule has 2 aromatic rings. The number of amides is 1. The SMILES string of the molecule is CCC[C@@H](C(=O)NCc1ccc(OCc2ccc(C(F)(F)F)cc2)cc1)N(CC)CC. The molecular weight excluding hydrogens is 405 g/mol. The van der Waals surface area contributed by atoms with Crippen LogP contribution in [0.3, 0.4) is 0 Å². The summed E-state index contributed by atoms with van der Waals surface area (Å²) in [6.45, 7) is 8.47. The summed E-state index contributed by atoms with van der Waals surface area (Å²) in [7, 11) is 0. The highest BCUT2D eigenvalue weighted by Gasteiger charge is 2.29. The molecule has 0 spiro atoms. The number of rotatable bonds is 11. The van der Waals surface area contributed by atoms with Gasteiger partial charge in [0.25, 0.3) is 0 Å². The third-order valence-electron chi connectivity index (χ3n) is 5.19. The maximum Gasteiger partial charge on any atom is 0.416 e. The molecule has 0 heterocycles. The average molecular weight is 437 g/mol. The van der Waals surface area contributed by atoms with E-state index >= 15 is 0 Å². The van der Waals surface area contributed by atoms with Crippen molar-refractivity contribution in [2.24, 2.45) is 0 Å². The summed E-state index contributed by atoms with van der Waals surface area (Å²) in [5.41, 5.74) is 0.928. The number of alkyl halides is 3. The minimum atomic E-state index is -4.34. The van der Waals surface area contributed by atoms with Gasteiger partial charge in [0.2, 0.25) is 5.91 Å². The number of hydrogen-bond donors (Lipinski definition) is 1. The van der Waals surface area contributed by atoms with E-state index in [4.69, 9.17) is 4.74 Å². The average Bonchev–Trinajstić information content (AvgIpc) is 2.76. The lowest BCUT2D eigenvalue weighted by molar-refractivity contribution is -0.137. The molecule has 0 aliphatic carbocycles. The van der Waals surface area contributed by atoms with Crippen molar-refractivity contribution in [1.82, 2.24) is 10.2 Å². The van der Waals surface area contributed by atoms with Crippen molar-refractivity contribution >= 4 is 5.91 Å². The molecule has 0 fully saturated rings. The predicted molar refractivity (Wildman–Crippen MR) is 116 cm³/mol. The van der Waals surface area contributed by atoms with Crippen LogP contribution in [0.5, 0.6) is 5.75 Å². The zero-order chi connectivity index (χ0) is 22.9. The van der Waals surface area contributed by atoms with Crippen molar-refractivity contribution in [3.05, 3.63) is 65.2 Å². The number of ether oxygens (including phenoxy) is 1. The van der Waals surface area contributed by atoms with Crippen molar-refractivity contribution in [2.75, 3.05) is 13.1 Å². The van der Waals surface area contributed by atoms with Gasteiger partial charge < -0.3 is 10.1 Å². The van der Waals surface area contributed by atoms with Crippen LogP contribution in [0.2, 0.25) is 0 Å². The van der Waals surface area contributed by atoms with Crippen molar-refractivity contribution in [3.63, 3.8) is 0 Å². The second-order valence-corrected chi connectivity index (χ2v) is 7.37. The summed E-state index contributed by atoms with van der Waals surface area (Å²) >= 11 is 0. The van der Waals surface area contributed by atoms with E-state index in [0.29, 0.717) is 17.9 Å². The van der Waals surface area contributed by atoms with Crippen LogP contribution in [0.15, 0.2) is 48.5 Å². The molecule has 170 valence electrons. The van der Waals surface area contributed by atoms with Crippen LogP contribution in [-0.2, 0) is 24.1 Å². The maximum atomic E-state index is 12.6. The number of nitrogens with zero attached hydrogens (tertiary/aromatic N) is 1. The van der Waals surface area contributed by atoms with Gasteiger partial charge in [0, 0.05) is 6.54 Å². The molecule has 1 N–H and O–H groups in total. The number of nitrogens with one attached hydrogen (secondary N) is 1. The number of carbonyl (C=O) groups excluding carboxylic acids is 1. The number of benzene rings is 2. The molecule has 31 heavy (non-hydrogen) atoms. The number of halogens is 3. The second kappa shape index (κ2) is 11.7. The Morgan fingerprint density at radius 1 is 0.968 bits per heavy atom. The molecule has 0 aliphatic rings. The Morgan fingerprint density at radius 3 is 2.06 bits per heavy atom. The first-order chi connectivity index (χ1) is 14.8. The van der Waals surface area contributed by atoms with Gasteiger partial charge in [0.05, 0.1) is 11.6 Å². The zero-order valence-corrected chi connectivity index (χ0v) is 18.3. The molecule has 0 aliphatic heterocycles. The van der Waals surface area contributed by atoms with Gasteiger partial charge in [-0.1, -0.05) is 51.5 Å². The molecule has 0 unspecified atom stereocenters. The zero-order valence-electron chi connectivity index (χ0n) is 18.3. The van der Waals surface area contributed by atoms with Crippen molar-refractivity contribution in [3.8, 4) is 5.75 Å². The molecule has 1 atom stereocenters. The monoisotopic (exact) mass is 436 g/mol. The van der Waals surface area contributed by atoms with E-state index in [-0.39, 0.29) is 18.6 Å². The molecule has 0 saturated heterocycles. The van der Waals surface area contributed by atoms with Crippen LogP contribution in [0.25, 0.3) is 0 Å². The van der Waals surface area contributed by atoms with Crippen LogP contribution in [0.4, 0.5) is 13.2 Å². The Kier molecular flexibility index (Phi) is 9.37. The van der Waals surface area contributed by atoms with Crippen LogP contribution in [0.1, 0.15) is 50.3 Å². The Morgan fingerprint density at radius 2 is 1.55 bits per heavy atom. The number of likely N-dealkylation sites (N-methyl/N-ethyl adjacent to an activating group) is 1. The molecule has 0 aromatic heterocycles. The summed E-state index contributed by atoms with van der Waals surface area (Å²) in [6.07, 6.45) is -2.57. The van der Waals surface area contributed by atoms with Crippen LogP contribution in [0, 0.1) is 0 Å². The van der Waals surface area contributed by atoms with E-state index in [9.17, 15) is 18.0 Å². The highest BCUT2D eigenvalue weighted by Crippen LogP contribution is 2.29. The van der Waals surface area contributed by atoms with Gasteiger partial charge in [-0.15, -0.1) is 0 Å². The van der Waals surface area contributed by atoms with Crippen molar-refractivity contribution in [1.29, 1.82) is 0 Å². The lowest BCUT2D eigenvalue weighted by Gasteiger charge is -2.28. The van der Waals surface area contributed by atoms with Crippen LogP contribution >= 0.6 is 0 Å². The molecule has 0 bridgehead atoms. The van der Waals surface area contributed by atoms with Gasteiger partial charge in [0.15, 0.2) is 0 Å². The van der Waals surface area contributed by atoms with E-state index in [1.54, 1.807) is 12.1 Å². The van der Waals surface area contributed by atoms with Gasteiger partial charge >= 0.3 is 6.18 Å². The number of carbonyl (C=O) groups is 1. The molecule has 7 heteroatoms. The van der Waals surface area contributed by atoms with Gasteiger partial charge in [-0.2, -0.15) is 13.2 Å². The van der Waals surface area contributed by atoms with Gasteiger partial charge in [-0.25, -0.2) is 0 Å². The maximum absolute atomic E-state index is 12.6. The highest BCUT2D eigenvalue weighted by atomic mass is 19.4. The van der Waals surface area contributed by atoms with Gasteiger partial charge in [0.1, 0.15) is 12.4 Å². The standard InChI is InChI=1S/C24H31F3N2O2/c1-4-7-22(29(5-2)6-3)23(30)28-16-18-10-14-21(15-11-18)31-17-19-8-12-20(13-9-19)24(25,26)27/h8-15,22H,4-7,16-17H2,1-3H3,(H,28,30)/t22-/m0/s1. The number of hydrogen-bond acceptors (Lipinski definition) is 3. The molecular formula is C24H31F3N2O2. The Balaban J connectivity index is 1.86. The predicted octanol–water partition coefficient (Wildman–Crippen LogP) is 5.41. The van der Waals surface area contributed by atoms with Gasteiger partial charge in [-0.05, 0) is 54.9 Å². The fourth-order valence-electron chi connectivity index (χ4n) is 3.38. The first-order valence-corrected chi connectivity index (χ1v) is 10.7. The first kappa shape index (κ1) is 24.7. The Labute approximate surface area is 182 Å². The molecule has 2 aromatic carbocycles. The molecule has 4 nitrogen and oxygen atoms in total. The molecule has 0 radical (unpaired) electrons. The Bertz CT molecular complexity index is 801. The van der Waals surface area contributed by atoms with E-state index in [1.165, 1.54) is 12.1 Å². The lowest BCUT2D eigenvalue weighted by Crippen LogP contribution is -2.46. The van der Waals surface area contributed by atoms with E-state index in [2.05, 4.69) is 31.0 Å². The fourth-order valence-corrected chi connectivity index (χ4v) is 3.38. The van der Waals surface area contributed by atoms with E-state index < -0.39 is 11.7 Å². The van der Waals surface area contributed by atoms with Crippen molar-refractivity contribution in [2.45, 2.75) is 59.0 Å². The van der Waals surface area contributed by atoms with Crippen LogP contribution in [-0.4, -0.2) is 29.9 Å². The van der Waals surface area contributed by atoms with Crippen LogP contribution < -0.4 is 10.1 Å². The first-order valence-electron chi connectivity index (χ1n) is 10.7. The fraction of sp³-hybridized carbons (Fsp3) is 0.458. The molecule has 1 amide bonds. The van der Waals surface area contributed by atoms with E-state index in [0.717, 1.165) is 43.6 Å². The third kappa shape index (κ3) is 7.58.